The summed E-state index contributed by atoms with van der Waals surface area (Å²) in [7, 11) is 1.81. The third-order valence-electron chi connectivity index (χ3n) is 3.47. The van der Waals surface area contributed by atoms with Crippen LogP contribution in [0.25, 0.3) is 0 Å². The average Bonchev–Trinajstić information content (AvgIpc) is 2.48. The largest absolute Gasteiger partial charge is 0.486 e. The fraction of sp³-hybridized carbons (Fsp3) is 0.294. The summed E-state index contributed by atoms with van der Waals surface area (Å²) in [6.07, 6.45) is -4.73. The minimum Gasteiger partial charge on any atom is -0.486 e. The highest BCUT2D eigenvalue weighted by molar-refractivity contribution is 5.46. The molecule has 1 atom stereocenters. The first-order chi connectivity index (χ1) is 10.3. The zero-order chi connectivity index (χ0) is 16.3. The predicted molar refractivity (Wildman–Crippen MR) is 81.2 cm³/mol. The lowest BCUT2D eigenvalue weighted by Crippen LogP contribution is -2.09. The maximum absolute atomic E-state index is 12.9. The summed E-state index contributed by atoms with van der Waals surface area (Å²) in [5.74, 6) is 0.209. The van der Waals surface area contributed by atoms with E-state index in [1.165, 1.54) is 13.0 Å². The predicted octanol–water partition coefficient (Wildman–Crippen LogP) is 5.20. The van der Waals surface area contributed by atoms with Gasteiger partial charge in [-0.05, 0) is 49.2 Å². The van der Waals surface area contributed by atoms with Crippen LogP contribution in [0, 0.1) is 6.92 Å². The van der Waals surface area contributed by atoms with Crippen molar-refractivity contribution < 1.29 is 17.9 Å². The van der Waals surface area contributed by atoms with Gasteiger partial charge in [-0.2, -0.15) is 13.2 Å². The van der Waals surface area contributed by atoms with Crippen LogP contribution in [0.4, 0.5) is 18.9 Å². The van der Waals surface area contributed by atoms with Gasteiger partial charge in [-0.25, -0.2) is 0 Å². The average molecular weight is 309 g/mol. The van der Waals surface area contributed by atoms with Crippen molar-refractivity contribution >= 4 is 5.69 Å². The number of hydrogen-bond acceptors (Lipinski definition) is 2. The van der Waals surface area contributed by atoms with E-state index < -0.39 is 11.7 Å². The van der Waals surface area contributed by atoms with Crippen molar-refractivity contribution in [3.63, 3.8) is 0 Å². The maximum atomic E-state index is 12.9. The summed E-state index contributed by atoms with van der Waals surface area (Å²) in [5, 5.41) is 3.02. The van der Waals surface area contributed by atoms with Gasteiger partial charge in [0.05, 0.1) is 5.56 Å². The highest BCUT2D eigenvalue weighted by atomic mass is 19.4. The van der Waals surface area contributed by atoms with Crippen LogP contribution in [-0.2, 0) is 6.18 Å². The zero-order valence-corrected chi connectivity index (χ0v) is 12.7. The van der Waals surface area contributed by atoms with E-state index in [9.17, 15) is 13.2 Å². The monoisotopic (exact) mass is 309 g/mol. The van der Waals surface area contributed by atoms with Gasteiger partial charge in [-0.3, -0.25) is 0 Å². The van der Waals surface area contributed by atoms with Crippen LogP contribution < -0.4 is 10.1 Å². The van der Waals surface area contributed by atoms with Crippen LogP contribution in [-0.4, -0.2) is 7.05 Å². The number of ether oxygens (including phenoxy) is 1. The lowest BCUT2D eigenvalue weighted by atomic mass is 10.1. The minimum absolute atomic E-state index is 0.185. The van der Waals surface area contributed by atoms with E-state index in [0.717, 1.165) is 17.3 Å². The molecule has 1 unspecified atom stereocenters. The molecule has 0 aromatic heterocycles. The second-order valence-corrected chi connectivity index (χ2v) is 5.11. The van der Waals surface area contributed by atoms with Gasteiger partial charge in [0.15, 0.2) is 0 Å². The molecule has 0 heterocycles. The molecule has 0 aliphatic heterocycles. The lowest BCUT2D eigenvalue weighted by Gasteiger charge is -2.18. The Balaban J connectivity index is 2.23. The molecule has 0 bridgehead atoms. The van der Waals surface area contributed by atoms with Gasteiger partial charge < -0.3 is 10.1 Å². The van der Waals surface area contributed by atoms with E-state index in [0.29, 0.717) is 0 Å². The van der Waals surface area contributed by atoms with Crippen molar-refractivity contribution in [3.8, 4) is 5.75 Å². The van der Waals surface area contributed by atoms with Gasteiger partial charge in [-0.15, -0.1) is 0 Å². The molecule has 0 spiro atoms. The third kappa shape index (κ3) is 3.72. The molecule has 0 saturated heterocycles. The second kappa shape index (κ2) is 6.30. The molecule has 0 radical (unpaired) electrons. The summed E-state index contributed by atoms with van der Waals surface area (Å²) >= 11 is 0. The van der Waals surface area contributed by atoms with Gasteiger partial charge in [0.2, 0.25) is 0 Å². The van der Waals surface area contributed by atoms with E-state index in [2.05, 4.69) is 5.32 Å². The van der Waals surface area contributed by atoms with Crippen molar-refractivity contribution in [2.45, 2.75) is 26.1 Å². The number of halogens is 3. The summed E-state index contributed by atoms with van der Waals surface area (Å²) < 4.78 is 44.4. The third-order valence-corrected chi connectivity index (χ3v) is 3.47. The first kappa shape index (κ1) is 16.2. The Hall–Kier alpha value is -2.17. The van der Waals surface area contributed by atoms with Gasteiger partial charge in [-0.1, -0.05) is 18.2 Å². The summed E-state index contributed by atoms with van der Waals surface area (Å²) in [5.41, 5.74) is 1.33. The van der Waals surface area contributed by atoms with Crippen LogP contribution in [0.5, 0.6) is 5.75 Å². The van der Waals surface area contributed by atoms with Gasteiger partial charge in [0.25, 0.3) is 0 Å². The normalized spacial score (nSPS) is 12.8. The fourth-order valence-corrected chi connectivity index (χ4v) is 2.20. The van der Waals surface area contributed by atoms with Crippen molar-refractivity contribution in [2.75, 3.05) is 12.4 Å². The van der Waals surface area contributed by atoms with Gasteiger partial charge in [0, 0.05) is 12.7 Å². The Labute approximate surface area is 127 Å². The van der Waals surface area contributed by atoms with Crippen LogP contribution in [0.2, 0.25) is 0 Å². The van der Waals surface area contributed by atoms with Crippen LogP contribution in [0.1, 0.15) is 29.7 Å². The highest BCUT2D eigenvalue weighted by Crippen LogP contribution is 2.35. The summed E-state index contributed by atoms with van der Waals surface area (Å²) in [6.45, 7) is 3.24. The Morgan fingerprint density at radius 1 is 1.09 bits per heavy atom. The highest BCUT2D eigenvalue weighted by Gasteiger charge is 2.32. The smallest absolute Gasteiger partial charge is 0.416 e. The van der Waals surface area contributed by atoms with Crippen LogP contribution in [0.3, 0.4) is 0 Å². The first-order valence-electron chi connectivity index (χ1n) is 6.93. The molecular weight excluding hydrogens is 291 g/mol. The van der Waals surface area contributed by atoms with Crippen LogP contribution >= 0.6 is 0 Å². The molecule has 2 aromatic rings. The Morgan fingerprint density at radius 2 is 1.82 bits per heavy atom. The molecule has 2 rings (SSSR count). The molecule has 0 amide bonds. The second-order valence-electron chi connectivity index (χ2n) is 5.11. The first-order valence-corrected chi connectivity index (χ1v) is 6.93. The molecule has 0 aliphatic rings. The zero-order valence-electron chi connectivity index (χ0n) is 12.7. The van der Waals surface area contributed by atoms with Crippen molar-refractivity contribution in [2.24, 2.45) is 0 Å². The van der Waals surface area contributed by atoms with Crippen molar-refractivity contribution in [1.82, 2.24) is 0 Å². The number of alkyl halides is 3. The molecule has 0 fully saturated rings. The molecule has 2 aromatic carbocycles. The van der Waals surface area contributed by atoms with Crippen molar-refractivity contribution in [1.29, 1.82) is 0 Å². The number of hydrogen-bond donors (Lipinski definition) is 1. The Bertz CT molecular complexity index is 653. The number of aryl methyl sites for hydroxylation is 1. The van der Waals surface area contributed by atoms with E-state index in [1.54, 1.807) is 13.1 Å². The molecule has 2 nitrogen and oxygen atoms in total. The topological polar surface area (TPSA) is 21.3 Å². The van der Waals surface area contributed by atoms with E-state index in [4.69, 9.17) is 4.74 Å². The number of anilines is 1. The van der Waals surface area contributed by atoms with E-state index in [1.807, 2.05) is 31.2 Å². The molecule has 5 heteroatoms. The number of rotatable bonds is 4. The van der Waals surface area contributed by atoms with E-state index >= 15 is 0 Å². The molecule has 0 saturated carbocycles. The molecule has 0 aliphatic carbocycles. The van der Waals surface area contributed by atoms with Crippen molar-refractivity contribution in [3.05, 3.63) is 59.2 Å². The van der Waals surface area contributed by atoms with Gasteiger partial charge in [0.1, 0.15) is 11.9 Å². The Morgan fingerprint density at radius 3 is 2.45 bits per heavy atom. The summed E-state index contributed by atoms with van der Waals surface area (Å²) in [4.78, 5) is 0. The number of benzene rings is 2. The standard InChI is InChI=1S/C17H18F3NO/c1-11-7-8-15(10-16(11)17(18,19)20)22-12(2)13-5-4-6-14(9-13)21-3/h4-10,12,21H,1-3H3. The molecular formula is C17H18F3NO. The van der Waals surface area contributed by atoms with E-state index in [-0.39, 0.29) is 17.4 Å². The molecule has 22 heavy (non-hydrogen) atoms. The lowest BCUT2D eigenvalue weighted by molar-refractivity contribution is -0.138. The van der Waals surface area contributed by atoms with Crippen LogP contribution in [0.15, 0.2) is 42.5 Å². The fourth-order valence-electron chi connectivity index (χ4n) is 2.20. The summed E-state index contributed by atoms with van der Waals surface area (Å²) in [6, 6.07) is 11.6. The Kier molecular flexibility index (Phi) is 4.64. The van der Waals surface area contributed by atoms with Gasteiger partial charge >= 0.3 is 6.18 Å². The minimum atomic E-state index is -4.38. The number of nitrogens with one attached hydrogen (secondary N) is 1. The molecule has 118 valence electrons. The SMILES string of the molecule is CNc1cccc(C(C)Oc2ccc(C)c(C(F)(F)F)c2)c1. The maximum Gasteiger partial charge on any atom is 0.416 e. The molecule has 1 N–H and O–H groups in total. The quantitative estimate of drug-likeness (QED) is 0.838.